The third kappa shape index (κ3) is 9.02. The monoisotopic (exact) mass is 355 g/mol. The Bertz CT molecular complexity index is 381. The Labute approximate surface area is 138 Å². The highest BCUT2D eigenvalue weighted by atomic mass is 79.9. The van der Waals surface area contributed by atoms with Crippen LogP contribution in [-0.2, 0) is 0 Å². The molecule has 21 heavy (non-hydrogen) atoms. The molecule has 0 saturated heterocycles. The topological polar surface area (TPSA) is 35.2 Å². The maximum atomic E-state index is 5.90. The zero-order valence-corrected chi connectivity index (χ0v) is 15.0. The second kappa shape index (κ2) is 11.9. The predicted octanol–water partition coefficient (Wildman–Crippen LogP) is 6.33. The Kier molecular flexibility index (Phi) is 10.4. The van der Waals surface area contributed by atoms with Gasteiger partial charge in [0, 0.05) is 4.47 Å². The van der Waals surface area contributed by atoms with Crippen LogP contribution >= 0.6 is 15.9 Å². The molecule has 0 atom stereocenters. The van der Waals surface area contributed by atoms with E-state index in [1.807, 2.05) is 18.2 Å². The summed E-state index contributed by atoms with van der Waals surface area (Å²) in [5, 5.41) is 0. The highest BCUT2D eigenvalue weighted by Crippen LogP contribution is 2.25. The number of hydrogen-bond donors (Lipinski definition) is 1. The lowest BCUT2D eigenvalue weighted by molar-refractivity contribution is 0.306. The first kappa shape index (κ1) is 18.3. The van der Waals surface area contributed by atoms with Crippen molar-refractivity contribution in [1.82, 2.24) is 0 Å². The summed E-state index contributed by atoms with van der Waals surface area (Å²) >= 11 is 3.40. The van der Waals surface area contributed by atoms with Crippen LogP contribution in [0, 0.1) is 0 Å². The van der Waals surface area contributed by atoms with Crippen molar-refractivity contribution in [2.24, 2.45) is 0 Å². The summed E-state index contributed by atoms with van der Waals surface area (Å²) in [6, 6.07) is 5.77. The van der Waals surface area contributed by atoms with Gasteiger partial charge >= 0.3 is 0 Å². The number of nitrogens with two attached hydrogens (primary N) is 1. The van der Waals surface area contributed by atoms with Crippen molar-refractivity contribution in [3.63, 3.8) is 0 Å². The normalized spacial score (nSPS) is 10.8. The van der Waals surface area contributed by atoms with E-state index in [-0.39, 0.29) is 0 Å². The fourth-order valence-corrected chi connectivity index (χ4v) is 2.80. The van der Waals surface area contributed by atoms with Crippen LogP contribution in [-0.4, -0.2) is 6.61 Å². The molecule has 0 bridgehead atoms. The predicted molar refractivity (Wildman–Crippen MR) is 95.9 cm³/mol. The molecule has 0 saturated carbocycles. The summed E-state index contributed by atoms with van der Waals surface area (Å²) in [5.41, 5.74) is 6.60. The largest absolute Gasteiger partial charge is 0.491 e. The van der Waals surface area contributed by atoms with Gasteiger partial charge in [-0.2, -0.15) is 0 Å². The Morgan fingerprint density at radius 2 is 1.48 bits per heavy atom. The highest BCUT2D eigenvalue weighted by Gasteiger charge is 2.00. The van der Waals surface area contributed by atoms with E-state index in [0.717, 1.165) is 23.2 Å². The van der Waals surface area contributed by atoms with Gasteiger partial charge < -0.3 is 10.5 Å². The van der Waals surface area contributed by atoms with E-state index >= 15 is 0 Å². The molecule has 0 heterocycles. The van der Waals surface area contributed by atoms with Crippen LogP contribution < -0.4 is 10.5 Å². The van der Waals surface area contributed by atoms with E-state index in [1.54, 1.807) is 0 Å². The molecule has 0 aliphatic carbocycles. The minimum Gasteiger partial charge on any atom is -0.491 e. The van der Waals surface area contributed by atoms with E-state index in [4.69, 9.17) is 10.5 Å². The second-order valence-corrected chi connectivity index (χ2v) is 6.63. The number of hydrogen-bond acceptors (Lipinski definition) is 2. The van der Waals surface area contributed by atoms with Gasteiger partial charge in [0.25, 0.3) is 0 Å². The number of benzene rings is 1. The van der Waals surface area contributed by atoms with Crippen LogP contribution in [0.3, 0.4) is 0 Å². The molecule has 0 radical (unpaired) electrons. The number of unbranched alkanes of at least 4 members (excludes halogenated alkanes) is 9. The molecule has 0 fully saturated rings. The first-order valence-corrected chi connectivity index (χ1v) is 9.21. The quantitative estimate of drug-likeness (QED) is 0.351. The molecule has 1 aromatic rings. The van der Waals surface area contributed by atoms with Crippen LogP contribution in [0.2, 0.25) is 0 Å². The van der Waals surface area contributed by atoms with Gasteiger partial charge in [0.05, 0.1) is 12.3 Å². The molecular formula is C18H30BrNO. The number of halogens is 1. The zero-order chi connectivity index (χ0) is 15.3. The maximum Gasteiger partial charge on any atom is 0.142 e. The Morgan fingerprint density at radius 1 is 0.905 bits per heavy atom. The van der Waals surface area contributed by atoms with Crippen molar-refractivity contribution in [2.75, 3.05) is 12.3 Å². The standard InChI is InChI=1S/C18H30BrNO/c1-2-3-4-5-6-7-8-9-10-11-14-21-18-13-12-16(19)15-17(18)20/h12-13,15H,2-11,14,20H2,1H3. The molecule has 120 valence electrons. The van der Waals surface area contributed by atoms with E-state index in [9.17, 15) is 0 Å². The first-order chi connectivity index (χ1) is 10.2. The number of anilines is 1. The van der Waals surface area contributed by atoms with Crippen molar-refractivity contribution in [2.45, 2.75) is 71.1 Å². The summed E-state index contributed by atoms with van der Waals surface area (Å²) in [4.78, 5) is 0. The molecule has 1 aromatic carbocycles. The fourth-order valence-electron chi connectivity index (χ4n) is 2.42. The van der Waals surface area contributed by atoms with E-state index in [1.165, 1.54) is 57.8 Å². The minimum atomic E-state index is 0.705. The summed E-state index contributed by atoms with van der Waals surface area (Å²) < 4.78 is 6.71. The van der Waals surface area contributed by atoms with Crippen molar-refractivity contribution in [3.05, 3.63) is 22.7 Å². The molecule has 0 amide bonds. The van der Waals surface area contributed by atoms with Crippen molar-refractivity contribution < 1.29 is 4.74 Å². The zero-order valence-electron chi connectivity index (χ0n) is 13.4. The van der Waals surface area contributed by atoms with E-state index in [2.05, 4.69) is 22.9 Å². The van der Waals surface area contributed by atoms with Crippen LogP contribution in [0.5, 0.6) is 5.75 Å². The molecule has 3 heteroatoms. The Balaban J connectivity index is 1.93. The van der Waals surface area contributed by atoms with Crippen molar-refractivity contribution in [1.29, 1.82) is 0 Å². The molecular weight excluding hydrogens is 326 g/mol. The fraction of sp³-hybridized carbons (Fsp3) is 0.667. The number of rotatable bonds is 12. The molecule has 0 aliphatic heterocycles. The van der Waals surface area contributed by atoms with Gasteiger partial charge in [-0.15, -0.1) is 0 Å². The van der Waals surface area contributed by atoms with Gasteiger partial charge in [0.2, 0.25) is 0 Å². The number of nitrogen functional groups attached to an aromatic ring is 1. The van der Waals surface area contributed by atoms with E-state index < -0.39 is 0 Å². The van der Waals surface area contributed by atoms with Gasteiger partial charge in [-0.05, 0) is 24.6 Å². The minimum absolute atomic E-state index is 0.705. The summed E-state index contributed by atoms with van der Waals surface area (Å²) in [7, 11) is 0. The molecule has 0 spiro atoms. The second-order valence-electron chi connectivity index (χ2n) is 5.71. The molecule has 0 aliphatic rings. The lowest BCUT2D eigenvalue weighted by atomic mass is 10.1. The Morgan fingerprint density at radius 3 is 2.05 bits per heavy atom. The average Bonchev–Trinajstić information content (AvgIpc) is 2.46. The van der Waals surface area contributed by atoms with Crippen molar-refractivity contribution >= 4 is 21.6 Å². The van der Waals surface area contributed by atoms with Gasteiger partial charge in [0.1, 0.15) is 5.75 Å². The molecule has 2 nitrogen and oxygen atoms in total. The van der Waals surface area contributed by atoms with Crippen LogP contribution in [0.1, 0.15) is 71.1 Å². The third-order valence-corrected chi connectivity index (χ3v) is 4.22. The average molecular weight is 356 g/mol. The van der Waals surface area contributed by atoms with Crippen molar-refractivity contribution in [3.8, 4) is 5.75 Å². The molecule has 2 N–H and O–H groups in total. The summed E-state index contributed by atoms with van der Waals surface area (Å²) in [6.45, 7) is 3.03. The SMILES string of the molecule is CCCCCCCCCCCCOc1ccc(Br)cc1N. The highest BCUT2D eigenvalue weighted by molar-refractivity contribution is 9.10. The smallest absolute Gasteiger partial charge is 0.142 e. The van der Waals surface area contributed by atoms with Gasteiger partial charge in [-0.25, -0.2) is 0 Å². The molecule has 0 unspecified atom stereocenters. The Hall–Kier alpha value is -0.700. The lowest BCUT2D eigenvalue weighted by Gasteiger charge is -2.09. The maximum absolute atomic E-state index is 5.90. The lowest BCUT2D eigenvalue weighted by Crippen LogP contribution is -2.00. The third-order valence-electron chi connectivity index (χ3n) is 3.73. The summed E-state index contributed by atoms with van der Waals surface area (Å²) in [6.07, 6.45) is 13.4. The van der Waals surface area contributed by atoms with Crippen LogP contribution in [0.15, 0.2) is 22.7 Å². The van der Waals surface area contributed by atoms with Crippen LogP contribution in [0.25, 0.3) is 0 Å². The van der Waals surface area contributed by atoms with E-state index in [0.29, 0.717) is 5.69 Å². The molecule has 0 aromatic heterocycles. The summed E-state index contributed by atoms with van der Waals surface area (Å²) in [5.74, 6) is 0.800. The van der Waals surface area contributed by atoms with Crippen LogP contribution in [0.4, 0.5) is 5.69 Å². The van der Waals surface area contributed by atoms with Gasteiger partial charge in [-0.3, -0.25) is 0 Å². The van der Waals surface area contributed by atoms with Gasteiger partial charge in [-0.1, -0.05) is 80.6 Å². The number of ether oxygens (including phenoxy) is 1. The van der Waals surface area contributed by atoms with Gasteiger partial charge in [0.15, 0.2) is 0 Å². The molecule has 1 rings (SSSR count). The first-order valence-electron chi connectivity index (χ1n) is 8.42.